The summed E-state index contributed by atoms with van der Waals surface area (Å²) in [5.74, 6) is 0. The van der Waals surface area contributed by atoms with Crippen LogP contribution >= 0.6 is 0 Å². The number of morpholine rings is 1. The second kappa shape index (κ2) is 7.22. The van der Waals surface area contributed by atoms with Gasteiger partial charge in [-0.25, -0.2) is 0 Å². The van der Waals surface area contributed by atoms with Gasteiger partial charge in [-0.1, -0.05) is 6.92 Å². The third-order valence-electron chi connectivity index (χ3n) is 2.83. The Kier molecular flexibility index (Phi) is 6.28. The summed E-state index contributed by atoms with van der Waals surface area (Å²) in [5.41, 5.74) is 0. The Morgan fingerprint density at radius 3 is 2.50 bits per heavy atom. The van der Waals surface area contributed by atoms with Gasteiger partial charge in [-0.3, -0.25) is 4.90 Å². The van der Waals surface area contributed by atoms with Crippen molar-refractivity contribution in [3.05, 3.63) is 0 Å². The van der Waals surface area contributed by atoms with Crippen molar-refractivity contribution < 1.29 is 9.47 Å². The fourth-order valence-electron chi connectivity index (χ4n) is 2.41. The first kappa shape index (κ1) is 13.9. The molecule has 16 heavy (non-hydrogen) atoms. The highest BCUT2D eigenvalue weighted by Crippen LogP contribution is 2.10. The number of nitrogens with one attached hydrogen (secondary N) is 1. The van der Waals surface area contributed by atoms with Gasteiger partial charge in [-0.15, -0.1) is 0 Å². The van der Waals surface area contributed by atoms with E-state index in [0.717, 1.165) is 32.8 Å². The molecular weight excluding hydrogens is 204 g/mol. The molecule has 1 aliphatic heterocycles. The van der Waals surface area contributed by atoms with Gasteiger partial charge in [0.05, 0.1) is 18.8 Å². The van der Waals surface area contributed by atoms with Crippen molar-refractivity contribution >= 4 is 0 Å². The first-order chi connectivity index (χ1) is 7.65. The number of hydrogen-bond donors (Lipinski definition) is 1. The van der Waals surface area contributed by atoms with Crippen molar-refractivity contribution in [2.24, 2.45) is 0 Å². The van der Waals surface area contributed by atoms with Crippen LogP contribution in [0.3, 0.4) is 0 Å². The molecule has 0 aromatic heterocycles. The predicted molar refractivity (Wildman–Crippen MR) is 65.8 cm³/mol. The van der Waals surface area contributed by atoms with Crippen LogP contribution in [0.5, 0.6) is 0 Å². The molecule has 1 N–H and O–H groups in total. The first-order valence-electron chi connectivity index (χ1n) is 6.25. The van der Waals surface area contributed by atoms with E-state index in [0.29, 0.717) is 18.2 Å². The van der Waals surface area contributed by atoms with Crippen molar-refractivity contribution in [2.75, 3.05) is 39.9 Å². The van der Waals surface area contributed by atoms with E-state index in [4.69, 9.17) is 9.47 Å². The molecule has 1 aliphatic rings. The summed E-state index contributed by atoms with van der Waals surface area (Å²) in [4.78, 5) is 2.46. The fraction of sp³-hybridized carbons (Fsp3) is 1.00. The largest absolute Gasteiger partial charge is 0.383 e. The normalized spacial score (nSPS) is 29.2. The minimum absolute atomic E-state index is 0.341. The van der Waals surface area contributed by atoms with Gasteiger partial charge < -0.3 is 14.8 Å². The van der Waals surface area contributed by atoms with Gasteiger partial charge in [-0.05, 0) is 20.4 Å². The van der Waals surface area contributed by atoms with E-state index in [1.165, 1.54) is 0 Å². The van der Waals surface area contributed by atoms with Gasteiger partial charge in [0.1, 0.15) is 0 Å². The van der Waals surface area contributed by atoms with E-state index >= 15 is 0 Å². The van der Waals surface area contributed by atoms with E-state index < -0.39 is 0 Å². The van der Waals surface area contributed by atoms with Crippen LogP contribution in [0.15, 0.2) is 0 Å². The molecule has 0 amide bonds. The fourth-order valence-corrected chi connectivity index (χ4v) is 2.41. The highest BCUT2D eigenvalue weighted by atomic mass is 16.5. The zero-order valence-corrected chi connectivity index (χ0v) is 11.0. The Bertz CT molecular complexity index is 174. The second-order valence-corrected chi connectivity index (χ2v) is 4.69. The first-order valence-corrected chi connectivity index (χ1v) is 6.25. The summed E-state index contributed by atoms with van der Waals surface area (Å²) in [6.45, 7) is 11.3. The lowest BCUT2D eigenvalue weighted by Crippen LogP contribution is -2.51. The summed E-state index contributed by atoms with van der Waals surface area (Å²) in [7, 11) is 1.76. The number of methoxy groups -OCH3 is 1. The average Bonchev–Trinajstić information content (AvgIpc) is 2.16. The van der Waals surface area contributed by atoms with Crippen LogP contribution in [0.25, 0.3) is 0 Å². The highest BCUT2D eigenvalue weighted by molar-refractivity contribution is 4.78. The van der Waals surface area contributed by atoms with Crippen molar-refractivity contribution in [1.29, 1.82) is 0 Å². The minimum atomic E-state index is 0.341. The Balaban J connectivity index is 2.37. The smallest absolute Gasteiger partial charge is 0.0678 e. The zero-order valence-electron chi connectivity index (χ0n) is 11.0. The Labute approximate surface area is 99.3 Å². The standard InChI is InChI=1S/C12H26N2O2/c1-5-13-12(9-15-4)8-14-6-10(2)16-11(3)7-14/h10-13H,5-9H2,1-4H3/t10-,11+,12?. The molecule has 1 saturated heterocycles. The summed E-state index contributed by atoms with van der Waals surface area (Å²) in [6, 6.07) is 0.424. The van der Waals surface area contributed by atoms with E-state index in [1.54, 1.807) is 7.11 Å². The van der Waals surface area contributed by atoms with E-state index in [-0.39, 0.29) is 0 Å². The monoisotopic (exact) mass is 230 g/mol. The molecule has 1 rings (SSSR count). The topological polar surface area (TPSA) is 33.7 Å². The summed E-state index contributed by atoms with van der Waals surface area (Å²) in [5, 5.41) is 3.45. The lowest BCUT2D eigenvalue weighted by molar-refractivity contribution is -0.0713. The molecule has 1 unspecified atom stereocenters. The molecule has 0 aliphatic carbocycles. The molecule has 0 saturated carbocycles. The number of nitrogens with zero attached hydrogens (tertiary/aromatic N) is 1. The SMILES string of the molecule is CCNC(COC)CN1C[C@@H](C)O[C@@H](C)C1. The quantitative estimate of drug-likeness (QED) is 0.729. The molecule has 1 fully saturated rings. The van der Waals surface area contributed by atoms with Crippen LogP contribution < -0.4 is 5.32 Å². The van der Waals surface area contributed by atoms with Gasteiger partial charge in [0.2, 0.25) is 0 Å². The van der Waals surface area contributed by atoms with Crippen molar-refractivity contribution in [3.63, 3.8) is 0 Å². The van der Waals surface area contributed by atoms with E-state index in [9.17, 15) is 0 Å². The molecule has 0 aromatic rings. The van der Waals surface area contributed by atoms with Gasteiger partial charge in [0, 0.05) is 32.8 Å². The van der Waals surface area contributed by atoms with E-state index in [1.807, 2.05) is 0 Å². The maximum Gasteiger partial charge on any atom is 0.0678 e. The van der Waals surface area contributed by atoms with Gasteiger partial charge >= 0.3 is 0 Å². The minimum Gasteiger partial charge on any atom is -0.383 e. The molecule has 1 heterocycles. The molecule has 3 atom stereocenters. The zero-order chi connectivity index (χ0) is 12.0. The summed E-state index contributed by atoms with van der Waals surface area (Å²) < 4.78 is 11.0. The molecule has 4 nitrogen and oxygen atoms in total. The summed E-state index contributed by atoms with van der Waals surface area (Å²) in [6.07, 6.45) is 0.683. The molecular formula is C12H26N2O2. The van der Waals surface area contributed by atoms with Gasteiger partial charge in [0.25, 0.3) is 0 Å². The number of ether oxygens (including phenoxy) is 2. The van der Waals surface area contributed by atoms with E-state index in [2.05, 4.69) is 31.0 Å². The molecule has 96 valence electrons. The number of hydrogen-bond acceptors (Lipinski definition) is 4. The van der Waals surface area contributed by atoms with Crippen molar-refractivity contribution in [3.8, 4) is 0 Å². The molecule has 0 spiro atoms. The maximum atomic E-state index is 5.72. The molecule has 0 bridgehead atoms. The van der Waals surface area contributed by atoms with Gasteiger partial charge in [-0.2, -0.15) is 0 Å². The lowest BCUT2D eigenvalue weighted by Gasteiger charge is -2.37. The second-order valence-electron chi connectivity index (χ2n) is 4.69. The van der Waals surface area contributed by atoms with Crippen LogP contribution in [0.1, 0.15) is 20.8 Å². The van der Waals surface area contributed by atoms with Crippen LogP contribution in [0.2, 0.25) is 0 Å². The van der Waals surface area contributed by atoms with Crippen molar-refractivity contribution in [1.82, 2.24) is 10.2 Å². The predicted octanol–water partition coefficient (Wildman–Crippen LogP) is 0.720. The maximum absolute atomic E-state index is 5.72. The molecule has 0 radical (unpaired) electrons. The van der Waals surface area contributed by atoms with Crippen molar-refractivity contribution in [2.45, 2.75) is 39.0 Å². The van der Waals surface area contributed by atoms with Crippen LogP contribution in [-0.4, -0.2) is 63.0 Å². The Hall–Kier alpha value is -0.160. The molecule has 4 heteroatoms. The third kappa shape index (κ3) is 4.78. The lowest BCUT2D eigenvalue weighted by atomic mass is 10.2. The number of rotatable bonds is 6. The number of likely N-dealkylation sites (N-methyl/N-ethyl adjacent to an activating group) is 1. The third-order valence-corrected chi connectivity index (χ3v) is 2.83. The Morgan fingerprint density at radius 1 is 1.38 bits per heavy atom. The average molecular weight is 230 g/mol. The van der Waals surface area contributed by atoms with Gasteiger partial charge in [0.15, 0.2) is 0 Å². The van der Waals surface area contributed by atoms with Crippen LogP contribution in [0, 0.1) is 0 Å². The van der Waals surface area contributed by atoms with Crippen LogP contribution in [0.4, 0.5) is 0 Å². The Morgan fingerprint density at radius 2 is 2.00 bits per heavy atom. The summed E-state index contributed by atoms with van der Waals surface area (Å²) >= 11 is 0. The molecule has 0 aromatic carbocycles. The van der Waals surface area contributed by atoms with Crippen LogP contribution in [-0.2, 0) is 9.47 Å². The highest BCUT2D eigenvalue weighted by Gasteiger charge is 2.23.